The molecule has 1 aromatic heterocycles. The monoisotopic (exact) mass is 460 g/mol. The maximum atomic E-state index is 12.7. The van der Waals surface area contributed by atoms with Crippen LogP contribution in [0.4, 0.5) is 29.3 Å². The van der Waals surface area contributed by atoms with Crippen LogP contribution in [0, 0.1) is 0 Å². The molecule has 0 aliphatic carbocycles. The number of aromatic nitrogens is 1. The van der Waals surface area contributed by atoms with Gasteiger partial charge in [-0.15, -0.1) is 0 Å². The van der Waals surface area contributed by atoms with Crippen molar-refractivity contribution in [3.8, 4) is 0 Å². The Kier molecular flexibility index (Phi) is 5.94. The predicted molar refractivity (Wildman–Crippen MR) is 104 cm³/mol. The van der Waals surface area contributed by atoms with Crippen molar-refractivity contribution >= 4 is 45.1 Å². The van der Waals surface area contributed by atoms with Gasteiger partial charge in [0.15, 0.2) is 0 Å². The Morgan fingerprint density at radius 1 is 1.17 bits per heavy atom. The fourth-order valence-corrected chi connectivity index (χ4v) is 3.91. The minimum absolute atomic E-state index is 0.0660. The van der Waals surface area contributed by atoms with Gasteiger partial charge in [-0.2, -0.15) is 13.2 Å². The number of halogens is 3. The van der Waals surface area contributed by atoms with Gasteiger partial charge in [-0.25, -0.2) is 18.1 Å². The Balaban J connectivity index is 1.78. The molecule has 1 fully saturated rings. The van der Waals surface area contributed by atoms with Crippen LogP contribution in [0.25, 0.3) is 0 Å². The van der Waals surface area contributed by atoms with Crippen LogP contribution in [0.2, 0.25) is 0 Å². The molecule has 2 aromatic rings. The summed E-state index contributed by atoms with van der Waals surface area (Å²) in [5.74, 6) is -0.553. The molecule has 8 nitrogen and oxygen atoms in total. The van der Waals surface area contributed by atoms with Gasteiger partial charge in [0.25, 0.3) is 5.91 Å². The standard InChI is InChI=1S/C17H15F3N4O4S2/c1-30(27,28)22-14-8-21-7-6-11(14)9-23-10-15(25)24(16(23)26)12-2-4-13(5-3-12)29-17(18,19)20/h2-8,22H,9-10H2,1H3. The van der Waals surface area contributed by atoms with Gasteiger partial charge in [-0.1, -0.05) is 0 Å². The molecule has 1 aliphatic heterocycles. The lowest BCUT2D eigenvalue weighted by Gasteiger charge is -2.19. The molecule has 3 rings (SSSR count). The Hall–Kier alpha value is -2.80. The molecule has 160 valence electrons. The van der Waals surface area contributed by atoms with E-state index in [2.05, 4.69) is 9.71 Å². The van der Waals surface area contributed by atoms with Gasteiger partial charge in [-0.3, -0.25) is 14.5 Å². The highest BCUT2D eigenvalue weighted by Crippen LogP contribution is 2.37. The Bertz CT molecular complexity index is 1080. The largest absolute Gasteiger partial charge is 0.446 e. The van der Waals surface area contributed by atoms with Crippen molar-refractivity contribution < 1.29 is 31.2 Å². The maximum absolute atomic E-state index is 12.7. The summed E-state index contributed by atoms with van der Waals surface area (Å²) in [6.07, 6.45) is 3.67. The van der Waals surface area contributed by atoms with Crippen molar-refractivity contribution in [3.63, 3.8) is 0 Å². The molecule has 0 unspecified atom stereocenters. The molecule has 0 saturated carbocycles. The smallest absolute Gasteiger partial charge is 0.310 e. The van der Waals surface area contributed by atoms with E-state index in [1.807, 2.05) is 0 Å². The highest BCUT2D eigenvalue weighted by Gasteiger charge is 2.37. The molecule has 1 N–H and O–H groups in total. The first-order chi connectivity index (χ1) is 13.9. The van der Waals surface area contributed by atoms with E-state index in [0.717, 1.165) is 11.2 Å². The maximum Gasteiger partial charge on any atom is 0.446 e. The van der Waals surface area contributed by atoms with Crippen LogP contribution in [0.5, 0.6) is 0 Å². The summed E-state index contributed by atoms with van der Waals surface area (Å²) in [6.45, 7) is -0.331. The van der Waals surface area contributed by atoms with Crippen LogP contribution in [-0.4, -0.2) is 48.5 Å². The summed E-state index contributed by atoms with van der Waals surface area (Å²) >= 11 is -0.299. The summed E-state index contributed by atoms with van der Waals surface area (Å²) in [5, 5.41) is 0. The number of imide groups is 1. The quantitative estimate of drug-likeness (QED) is 0.526. The normalized spacial score (nSPS) is 15.1. The van der Waals surface area contributed by atoms with Crippen LogP contribution in [-0.2, 0) is 21.4 Å². The molecule has 0 radical (unpaired) electrons. The Morgan fingerprint density at radius 2 is 1.83 bits per heavy atom. The van der Waals surface area contributed by atoms with E-state index < -0.39 is 27.5 Å². The number of amides is 3. The van der Waals surface area contributed by atoms with Crippen molar-refractivity contribution in [2.24, 2.45) is 0 Å². The fraction of sp³-hybridized carbons (Fsp3) is 0.235. The zero-order chi connectivity index (χ0) is 22.1. The summed E-state index contributed by atoms with van der Waals surface area (Å²) in [7, 11) is -3.58. The number of anilines is 2. The van der Waals surface area contributed by atoms with E-state index in [4.69, 9.17) is 0 Å². The van der Waals surface area contributed by atoms with Gasteiger partial charge in [0.05, 0.1) is 30.4 Å². The number of thioether (sulfide) groups is 1. The number of urea groups is 1. The van der Waals surface area contributed by atoms with E-state index in [-0.39, 0.29) is 41.1 Å². The first kappa shape index (κ1) is 21.9. The SMILES string of the molecule is CS(=O)(=O)Nc1cnccc1CN1CC(=O)N(c2ccc(SC(F)(F)F)cc2)C1=O. The highest BCUT2D eigenvalue weighted by atomic mass is 32.2. The molecule has 0 bridgehead atoms. The van der Waals surface area contributed by atoms with Crippen molar-refractivity contribution in [3.05, 3.63) is 48.3 Å². The van der Waals surface area contributed by atoms with Crippen LogP contribution in [0.15, 0.2) is 47.6 Å². The number of hydrogen-bond donors (Lipinski definition) is 1. The number of sulfonamides is 1. The van der Waals surface area contributed by atoms with E-state index in [1.54, 1.807) is 0 Å². The summed E-state index contributed by atoms with van der Waals surface area (Å²) in [6, 6.07) is 5.71. The average Bonchev–Trinajstić information content (AvgIpc) is 2.89. The molecule has 13 heteroatoms. The van der Waals surface area contributed by atoms with E-state index in [1.165, 1.54) is 47.6 Å². The lowest BCUT2D eigenvalue weighted by Crippen LogP contribution is -2.33. The molecule has 3 amide bonds. The van der Waals surface area contributed by atoms with Gasteiger partial charge >= 0.3 is 11.5 Å². The third-order valence-electron chi connectivity index (χ3n) is 3.93. The third-order valence-corrected chi connectivity index (χ3v) is 5.26. The second kappa shape index (κ2) is 8.14. The van der Waals surface area contributed by atoms with Gasteiger partial charge in [-0.05, 0) is 47.7 Å². The zero-order valence-corrected chi connectivity index (χ0v) is 17.0. The van der Waals surface area contributed by atoms with Crippen molar-refractivity contribution in [1.29, 1.82) is 0 Å². The van der Waals surface area contributed by atoms with E-state index in [9.17, 15) is 31.2 Å². The predicted octanol–water partition coefficient (Wildman–Crippen LogP) is 3.03. The Labute approximate surface area is 174 Å². The first-order valence-electron chi connectivity index (χ1n) is 8.31. The minimum Gasteiger partial charge on any atom is -0.310 e. The second-order valence-corrected chi connectivity index (χ2v) is 9.20. The molecule has 0 spiro atoms. The van der Waals surface area contributed by atoms with E-state index in [0.29, 0.717) is 5.56 Å². The van der Waals surface area contributed by atoms with Crippen molar-refractivity contribution in [2.45, 2.75) is 16.9 Å². The third kappa shape index (κ3) is 5.42. The molecule has 1 saturated heterocycles. The van der Waals surface area contributed by atoms with Crippen LogP contribution < -0.4 is 9.62 Å². The lowest BCUT2D eigenvalue weighted by atomic mass is 10.2. The summed E-state index contributed by atoms with van der Waals surface area (Å²) in [4.78, 5) is 30.9. The average molecular weight is 460 g/mol. The summed E-state index contributed by atoms with van der Waals surface area (Å²) in [5.41, 5.74) is -3.70. The van der Waals surface area contributed by atoms with Crippen LogP contribution in [0.3, 0.4) is 0 Å². The molecule has 30 heavy (non-hydrogen) atoms. The number of pyridine rings is 1. The minimum atomic E-state index is -4.44. The number of nitrogens with one attached hydrogen (secondary N) is 1. The Morgan fingerprint density at radius 3 is 2.43 bits per heavy atom. The van der Waals surface area contributed by atoms with Gasteiger partial charge in [0.2, 0.25) is 10.0 Å². The topological polar surface area (TPSA) is 99.7 Å². The zero-order valence-electron chi connectivity index (χ0n) is 15.4. The number of carbonyl (C=O) groups is 2. The number of rotatable bonds is 6. The number of hydrogen-bond acceptors (Lipinski definition) is 6. The number of carbonyl (C=O) groups excluding carboxylic acids is 2. The van der Waals surface area contributed by atoms with E-state index >= 15 is 0 Å². The highest BCUT2D eigenvalue weighted by molar-refractivity contribution is 8.00. The second-order valence-electron chi connectivity index (χ2n) is 6.32. The molecule has 1 aromatic carbocycles. The number of alkyl halides is 3. The van der Waals surface area contributed by atoms with Crippen molar-refractivity contribution in [1.82, 2.24) is 9.88 Å². The van der Waals surface area contributed by atoms with Crippen molar-refractivity contribution in [2.75, 3.05) is 22.4 Å². The van der Waals surface area contributed by atoms with Gasteiger partial charge in [0, 0.05) is 11.1 Å². The molecule has 0 atom stereocenters. The molecule has 1 aliphatic rings. The molecular formula is C17H15F3N4O4S2. The molecule has 2 heterocycles. The van der Waals surface area contributed by atoms with Crippen LogP contribution >= 0.6 is 11.8 Å². The molecular weight excluding hydrogens is 445 g/mol. The number of nitrogens with zero attached hydrogens (tertiary/aromatic N) is 3. The fourth-order valence-electron chi connectivity index (χ4n) is 2.78. The first-order valence-corrected chi connectivity index (χ1v) is 11.0. The summed E-state index contributed by atoms with van der Waals surface area (Å²) < 4.78 is 62.7. The van der Waals surface area contributed by atoms with Gasteiger partial charge in [0.1, 0.15) is 6.54 Å². The van der Waals surface area contributed by atoms with Crippen LogP contribution in [0.1, 0.15) is 5.56 Å². The number of benzene rings is 1. The lowest BCUT2D eigenvalue weighted by molar-refractivity contribution is -0.116. The van der Waals surface area contributed by atoms with Gasteiger partial charge < -0.3 is 4.90 Å².